The van der Waals surface area contributed by atoms with E-state index in [-0.39, 0.29) is 0 Å². The van der Waals surface area contributed by atoms with Gasteiger partial charge in [-0.05, 0) is 49.8 Å². The lowest BCUT2D eigenvalue weighted by atomic mass is 9.79. The molecule has 112 valence electrons. The van der Waals surface area contributed by atoms with Crippen LogP contribution in [0.1, 0.15) is 45.1 Å². The Morgan fingerprint density at radius 1 is 1.35 bits per heavy atom. The van der Waals surface area contributed by atoms with Crippen molar-refractivity contribution >= 4 is 0 Å². The van der Waals surface area contributed by atoms with Crippen LogP contribution in [0.25, 0.3) is 0 Å². The van der Waals surface area contributed by atoms with Gasteiger partial charge in [0.2, 0.25) is 0 Å². The van der Waals surface area contributed by atoms with E-state index in [0.29, 0.717) is 24.3 Å². The minimum atomic E-state index is -0.527. The monoisotopic (exact) mass is 277 g/mol. The van der Waals surface area contributed by atoms with Gasteiger partial charge in [0, 0.05) is 12.6 Å². The molecule has 3 heteroatoms. The van der Waals surface area contributed by atoms with E-state index in [4.69, 9.17) is 0 Å². The smallest absolute Gasteiger partial charge is 0.115 e. The largest absolute Gasteiger partial charge is 0.508 e. The van der Waals surface area contributed by atoms with Gasteiger partial charge < -0.3 is 15.5 Å². The van der Waals surface area contributed by atoms with Gasteiger partial charge in [0.15, 0.2) is 0 Å². The molecule has 3 nitrogen and oxygen atoms in total. The van der Waals surface area contributed by atoms with E-state index in [9.17, 15) is 10.2 Å². The molecule has 0 bridgehead atoms. The molecule has 1 aliphatic carbocycles. The van der Waals surface area contributed by atoms with Crippen LogP contribution in [-0.2, 0) is 6.42 Å². The highest BCUT2D eigenvalue weighted by molar-refractivity contribution is 5.26. The molecule has 0 radical (unpaired) electrons. The van der Waals surface area contributed by atoms with Crippen LogP contribution in [0.4, 0.5) is 0 Å². The van der Waals surface area contributed by atoms with Crippen molar-refractivity contribution in [3.8, 4) is 5.75 Å². The fourth-order valence-electron chi connectivity index (χ4n) is 3.21. The first-order valence-electron chi connectivity index (χ1n) is 7.70. The lowest BCUT2D eigenvalue weighted by Crippen LogP contribution is -2.46. The average Bonchev–Trinajstić information content (AvgIpc) is 2.39. The second kappa shape index (κ2) is 6.59. The quantitative estimate of drug-likeness (QED) is 0.775. The Morgan fingerprint density at radius 3 is 2.70 bits per heavy atom. The fourth-order valence-corrected chi connectivity index (χ4v) is 3.21. The number of nitrogens with one attached hydrogen (secondary N) is 1. The summed E-state index contributed by atoms with van der Waals surface area (Å²) >= 11 is 0. The Hall–Kier alpha value is -1.06. The van der Waals surface area contributed by atoms with Crippen molar-refractivity contribution in [2.24, 2.45) is 5.92 Å². The van der Waals surface area contributed by atoms with Crippen molar-refractivity contribution in [2.45, 2.75) is 57.6 Å². The number of benzene rings is 1. The zero-order chi connectivity index (χ0) is 14.6. The van der Waals surface area contributed by atoms with Crippen LogP contribution in [0, 0.1) is 5.92 Å². The van der Waals surface area contributed by atoms with Crippen LogP contribution >= 0.6 is 0 Å². The molecule has 0 heterocycles. The molecule has 0 aliphatic heterocycles. The molecule has 0 aromatic heterocycles. The zero-order valence-electron chi connectivity index (χ0n) is 12.6. The van der Waals surface area contributed by atoms with Crippen molar-refractivity contribution in [1.29, 1.82) is 0 Å². The maximum absolute atomic E-state index is 10.6. The minimum absolute atomic E-state index is 0.305. The van der Waals surface area contributed by atoms with Crippen molar-refractivity contribution in [3.05, 3.63) is 29.8 Å². The topological polar surface area (TPSA) is 52.5 Å². The molecule has 1 aliphatic rings. The van der Waals surface area contributed by atoms with E-state index >= 15 is 0 Å². The standard InChI is InChI=1S/C17H27NO2/c1-13-4-3-9-17(20,11-13)12-18-14(2)10-15-5-7-16(19)8-6-15/h5-8,13-14,18-20H,3-4,9-12H2,1-2H3. The van der Waals surface area contributed by atoms with Crippen LogP contribution in [0.3, 0.4) is 0 Å². The molecule has 20 heavy (non-hydrogen) atoms. The number of aliphatic hydroxyl groups is 1. The number of hydrogen-bond donors (Lipinski definition) is 3. The van der Waals surface area contributed by atoms with Crippen molar-refractivity contribution < 1.29 is 10.2 Å². The highest BCUT2D eigenvalue weighted by atomic mass is 16.3. The summed E-state index contributed by atoms with van der Waals surface area (Å²) in [7, 11) is 0. The number of rotatable bonds is 5. The maximum Gasteiger partial charge on any atom is 0.115 e. The molecule has 0 spiro atoms. The molecule has 0 saturated heterocycles. The van der Waals surface area contributed by atoms with Crippen LogP contribution in [-0.4, -0.2) is 28.4 Å². The highest BCUT2D eigenvalue weighted by Crippen LogP contribution is 2.31. The maximum atomic E-state index is 10.6. The predicted molar refractivity (Wildman–Crippen MR) is 81.9 cm³/mol. The second-order valence-electron chi connectivity index (χ2n) is 6.58. The minimum Gasteiger partial charge on any atom is -0.508 e. The van der Waals surface area contributed by atoms with Gasteiger partial charge in [-0.15, -0.1) is 0 Å². The normalized spacial score (nSPS) is 28.2. The van der Waals surface area contributed by atoms with E-state index in [0.717, 1.165) is 25.7 Å². The summed E-state index contributed by atoms with van der Waals surface area (Å²) < 4.78 is 0. The molecule has 1 fully saturated rings. The van der Waals surface area contributed by atoms with Crippen molar-refractivity contribution in [2.75, 3.05) is 6.54 Å². The van der Waals surface area contributed by atoms with Gasteiger partial charge in [-0.3, -0.25) is 0 Å². The first kappa shape index (κ1) is 15.3. The van der Waals surface area contributed by atoms with Crippen LogP contribution in [0.5, 0.6) is 5.75 Å². The molecule has 1 aromatic carbocycles. The van der Waals surface area contributed by atoms with E-state index in [2.05, 4.69) is 19.2 Å². The fraction of sp³-hybridized carbons (Fsp3) is 0.647. The molecular formula is C17H27NO2. The third-order valence-electron chi connectivity index (χ3n) is 4.33. The lowest BCUT2D eigenvalue weighted by molar-refractivity contribution is -0.0133. The summed E-state index contributed by atoms with van der Waals surface area (Å²) in [5, 5.41) is 23.3. The molecule has 2 rings (SSSR count). The first-order valence-corrected chi connectivity index (χ1v) is 7.70. The van der Waals surface area contributed by atoms with Crippen molar-refractivity contribution in [1.82, 2.24) is 5.32 Å². The second-order valence-corrected chi connectivity index (χ2v) is 6.58. The van der Waals surface area contributed by atoms with Gasteiger partial charge in [0.1, 0.15) is 5.75 Å². The molecule has 0 amide bonds. The summed E-state index contributed by atoms with van der Waals surface area (Å²) in [6.45, 7) is 5.04. The van der Waals surface area contributed by atoms with Gasteiger partial charge in [-0.25, -0.2) is 0 Å². The summed E-state index contributed by atoms with van der Waals surface area (Å²) in [6.07, 6.45) is 5.10. The number of phenols is 1. The summed E-state index contributed by atoms with van der Waals surface area (Å²) in [5.41, 5.74) is 0.674. The number of hydrogen-bond acceptors (Lipinski definition) is 3. The Labute approximate surface area is 122 Å². The summed E-state index contributed by atoms with van der Waals surface area (Å²) in [6, 6.07) is 7.66. The number of aromatic hydroxyl groups is 1. The Bertz CT molecular complexity index is 418. The molecule has 1 aromatic rings. The summed E-state index contributed by atoms with van der Waals surface area (Å²) in [4.78, 5) is 0. The van der Waals surface area contributed by atoms with Crippen LogP contribution < -0.4 is 5.32 Å². The Kier molecular flexibility index (Phi) is 5.06. The zero-order valence-corrected chi connectivity index (χ0v) is 12.6. The average molecular weight is 277 g/mol. The van der Waals surface area contributed by atoms with Gasteiger partial charge in [0.05, 0.1) is 5.60 Å². The van der Waals surface area contributed by atoms with Gasteiger partial charge in [0.25, 0.3) is 0 Å². The van der Waals surface area contributed by atoms with E-state index < -0.39 is 5.60 Å². The molecule has 3 N–H and O–H groups in total. The molecule has 3 atom stereocenters. The highest BCUT2D eigenvalue weighted by Gasteiger charge is 2.32. The SMILES string of the molecule is CC1CCCC(O)(CNC(C)Cc2ccc(O)cc2)C1. The van der Waals surface area contributed by atoms with Crippen LogP contribution in [0.2, 0.25) is 0 Å². The first-order chi connectivity index (χ1) is 9.47. The lowest BCUT2D eigenvalue weighted by Gasteiger charge is -2.36. The van der Waals surface area contributed by atoms with Crippen molar-refractivity contribution in [3.63, 3.8) is 0 Å². The third kappa shape index (κ3) is 4.50. The Balaban J connectivity index is 1.79. The number of phenolic OH excluding ortho intramolecular Hbond substituents is 1. The molecule has 3 unspecified atom stereocenters. The predicted octanol–water partition coefficient (Wildman–Crippen LogP) is 2.85. The van der Waals surface area contributed by atoms with Crippen LogP contribution in [0.15, 0.2) is 24.3 Å². The van der Waals surface area contributed by atoms with E-state index in [1.807, 2.05) is 12.1 Å². The third-order valence-corrected chi connectivity index (χ3v) is 4.33. The molecule has 1 saturated carbocycles. The molecular weight excluding hydrogens is 250 g/mol. The van der Waals surface area contributed by atoms with Gasteiger partial charge >= 0.3 is 0 Å². The van der Waals surface area contributed by atoms with E-state index in [1.54, 1.807) is 12.1 Å². The summed E-state index contributed by atoms with van der Waals surface area (Å²) in [5.74, 6) is 0.933. The van der Waals surface area contributed by atoms with Gasteiger partial charge in [-0.1, -0.05) is 31.9 Å². The van der Waals surface area contributed by atoms with Gasteiger partial charge in [-0.2, -0.15) is 0 Å². The Morgan fingerprint density at radius 2 is 2.05 bits per heavy atom. The van der Waals surface area contributed by atoms with E-state index in [1.165, 1.54) is 12.0 Å².